The highest BCUT2D eigenvalue weighted by Crippen LogP contribution is 2.40. The molecule has 1 aliphatic carbocycles. The molecule has 3 nitrogen and oxygen atoms in total. The summed E-state index contributed by atoms with van der Waals surface area (Å²) in [4.78, 5) is 2.06. The molecule has 3 heteroatoms. The van der Waals surface area contributed by atoms with Crippen molar-refractivity contribution in [2.75, 3.05) is 19.0 Å². The molecule has 2 aromatic rings. The molecule has 0 saturated heterocycles. The molecule has 0 fully saturated rings. The molecule has 1 aromatic carbocycles. The van der Waals surface area contributed by atoms with Gasteiger partial charge in [-0.3, -0.25) is 0 Å². The van der Waals surface area contributed by atoms with Crippen LogP contribution in [0.2, 0.25) is 0 Å². The zero-order chi connectivity index (χ0) is 11.8. The molecular weight excluding hydrogens is 212 g/mol. The van der Waals surface area contributed by atoms with Gasteiger partial charge in [0.15, 0.2) is 0 Å². The van der Waals surface area contributed by atoms with E-state index < -0.39 is 0 Å². The van der Waals surface area contributed by atoms with E-state index in [1.54, 1.807) is 6.26 Å². The highest BCUT2D eigenvalue weighted by atomic mass is 16.5. The van der Waals surface area contributed by atoms with Crippen molar-refractivity contribution < 1.29 is 4.52 Å². The van der Waals surface area contributed by atoms with Crippen molar-refractivity contribution in [3.8, 4) is 0 Å². The van der Waals surface area contributed by atoms with Crippen LogP contribution in [0.25, 0.3) is 0 Å². The fraction of sp³-hybridized carbons (Fsp3) is 0.357. The molecule has 0 radical (unpaired) electrons. The Labute approximate surface area is 101 Å². The van der Waals surface area contributed by atoms with Crippen molar-refractivity contribution in [3.05, 3.63) is 47.3 Å². The number of anilines is 1. The van der Waals surface area contributed by atoms with E-state index in [9.17, 15) is 0 Å². The summed E-state index contributed by atoms with van der Waals surface area (Å²) in [6, 6.07) is 8.63. The fourth-order valence-corrected chi connectivity index (χ4v) is 2.66. The predicted octanol–water partition coefficient (Wildman–Crippen LogP) is 2.82. The van der Waals surface area contributed by atoms with Crippen LogP contribution in [0.4, 0.5) is 5.69 Å². The monoisotopic (exact) mass is 228 g/mol. The Morgan fingerprint density at radius 1 is 1.29 bits per heavy atom. The average Bonchev–Trinajstić information content (AvgIpc) is 2.94. The summed E-state index contributed by atoms with van der Waals surface area (Å²) in [5.74, 6) is 0.391. The largest absolute Gasteiger partial charge is 0.373 e. The maximum absolute atomic E-state index is 5.14. The van der Waals surface area contributed by atoms with Gasteiger partial charge in [-0.2, -0.15) is 0 Å². The maximum Gasteiger partial charge on any atom is 0.147 e. The second-order valence-electron chi connectivity index (χ2n) is 4.77. The van der Waals surface area contributed by atoms with Gasteiger partial charge in [0.2, 0.25) is 0 Å². The van der Waals surface area contributed by atoms with Crippen LogP contribution >= 0.6 is 0 Å². The van der Waals surface area contributed by atoms with Gasteiger partial charge in [0, 0.05) is 20.0 Å². The standard InChI is InChI=1S/C14H16N2O/c1-16(2)13-9-17-15-14(13)12-8-7-10-5-3-4-6-11(10)12/h3-6,9,12H,7-8H2,1-2H3. The van der Waals surface area contributed by atoms with Gasteiger partial charge in [0.25, 0.3) is 0 Å². The first kappa shape index (κ1) is 10.4. The van der Waals surface area contributed by atoms with Gasteiger partial charge in [-0.15, -0.1) is 0 Å². The minimum Gasteiger partial charge on any atom is -0.373 e. The van der Waals surface area contributed by atoms with Crippen molar-refractivity contribution in [1.29, 1.82) is 0 Å². The van der Waals surface area contributed by atoms with Crippen molar-refractivity contribution in [1.82, 2.24) is 5.16 Å². The van der Waals surface area contributed by atoms with Gasteiger partial charge in [-0.1, -0.05) is 29.4 Å². The lowest BCUT2D eigenvalue weighted by Crippen LogP contribution is -2.11. The molecule has 1 atom stereocenters. The van der Waals surface area contributed by atoms with Crippen molar-refractivity contribution >= 4 is 5.69 Å². The number of rotatable bonds is 2. The summed E-state index contributed by atoms with van der Waals surface area (Å²) in [5, 5.41) is 4.20. The van der Waals surface area contributed by atoms with E-state index in [-0.39, 0.29) is 0 Å². The fourth-order valence-electron chi connectivity index (χ4n) is 2.66. The van der Waals surface area contributed by atoms with Crippen LogP contribution in [0.1, 0.15) is 29.2 Å². The van der Waals surface area contributed by atoms with Crippen LogP contribution in [-0.2, 0) is 6.42 Å². The van der Waals surface area contributed by atoms with Crippen LogP contribution in [0.5, 0.6) is 0 Å². The van der Waals surface area contributed by atoms with E-state index in [0.717, 1.165) is 24.2 Å². The Morgan fingerprint density at radius 3 is 2.94 bits per heavy atom. The molecule has 3 rings (SSSR count). The molecule has 1 heterocycles. The third-order valence-corrected chi connectivity index (χ3v) is 3.52. The van der Waals surface area contributed by atoms with Crippen molar-refractivity contribution in [2.24, 2.45) is 0 Å². The maximum atomic E-state index is 5.14. The Balaban J connectivity index is 2.04. The normalized spacial score (nSPS) is 18.1. The first-order chi connectivity index (χ1) is 8.27. The Kier molecular flexibility index (Phi) is 2.39. The van der Waals surface area contributed by atoms with Crippen LogP contribution in [0, 0.1) is 0 Å². The van der Waals surface area contributed by atoms with Gasteiger partial charge in [-0.25, -0.2) is 0 Å². The topological polar surface area (TPSA) is 29.3 Å². The van der Waals surface area contributed by atoms with Gasteiger partial charge in [0.1, 0.15) is 17.6 Å². The average molecular weight is 228 g/mol. The predicted molar refractivity (Wildman–Crippen MR) is 67.4 cm³/mol. The van der Waals surface area contributed by atoms with Crippen LogP contribution < -0.4 is 4.90 Å². The second kappa shape index (κ2) is 3.91. The van der Waals surface area contributed by atoms with Crippen LogP contribution in [0.15, 0.2) is 35.1 Å². The minimum absolute atomic E-state index is 0.391. The Bertz CT molecular complexity index is 531. The molecule has 0 spiro atoms. The molecule has 1 unspecified atom stereocenters. The Hall–Kier alpha value is -1.77. The number of aromatic nitrogens is 1. The highest BCUT2D eigenvalue weighted by Gasteiger charge is 2.28. The van der Waals surface area contributed by atoms with Gasteiger partial charge >= 0.3 is 0 Å². The van der Waals surface area contributed by atoms with Crippen molar-refractivity contribution in [3.63, 3.8) is 0 Å². The van der Waals surface area contributed by atoms with E-state index in [1.807, 2.05) is 14.1 Å². The van der Waals surface area contributed by atoms with Crippen LogP contribution in [0.3, 0.4) is 0 Å². The SMILES string of the molecule is CN(C)c1conc1C1CCc2ccccc21. The molecule has 1 aromatic heterocycles. The number of nitrogens with zero attached hydrogens (tertiary/aromatic N) is 2. The Morgan fingerprint density at radius 2 is 2.12 bits per heavy atom. The molecule has 0 bridgehead atoms. The highest BCUT2D eigenvalue weighted by molar-refractivity contribution is 5.53. The molecule has 0 saturated carbocycles. The lowest BCUT2D eigenvalue weighted by atomic mass is 9.97. The summed E-state index contributed by atoms with van der Waals surface area (Å²) < 4.78 is 5.14. The third kappa shape index (κ3) is 1.62. The minimum atomic E-state index is 0.391. The summed E-state index contributed by atoms with van der Waals surface area (Å²) in [7, 11) is 4.05. The molecule has 88 valence electrons. The molecule has 0 N–H and O–H groups in total. The number of aryl methyl sites for hydroxylation is 1. The van der Waals surface area contributed by atoms with Crippen LogP contribution in [-0.4, -0.2) is 19.3 Å². The summed E-state index contributed by atoms with van der Waals surface area (Å²) in [5.41, 5.74) is 5.02. The molecular formula is C14H16N2O. The lowest BCUT2D eigenvalue weighted by Gasteiger charge is -2.15. The zero-order valence-electron chi connectivity index (χ0n) is 10.2. The number of hydrogen-bond donors (Lipinski definition) is 0. The number of benzene rings is 1. The van der Waals surface area contributed by atoms with Gasteiger partial charge in [-0.05, 0) is 24.0 Å². The number of hydrogen-bond acceptors (Lipinski definition) is 3. The van der Waals surface area contributed by atoms with Gasteiger partial charge in [0.05, 0.1) is 0 Å². The van der Waals surface area contributed by atoms with E-state index in [0.29, 0.717) is 5.92 Å². The van der Waals surface area contributed by atoms with Gasteiger partial charge < -0.3 is 9.42 Å². The first-order valence-electron chi connectivity index (χ1n) is 5.97. The van der Waals surface area contributed by atoms with Crippen molar-refractivity contribution in [2.45, 2.75) is 18.8 Å². The van der Waals surface area contributed by atoms with E-state index in [1.165, 1.54) is 11.1 Å². The first-order valence-corrected chi connectivity index (χ1v) is 5.97. The smallest absolute Gasteiger partial charge is 0.147 e. The summed E-state index contributed by atoms with van der Waals surface area (Å²) >= 11 is 0. The number of fused-ring (bicyclic) bond motifs is 1. The molecule has 0 aliphatic heterocycles. The van der Waals surface area contributed by atoms with E-state index >= 15 is 0 Å². The molecule has 17 heavy (non-hydrogen) atoms. The summed E-state index contributed by atoms with van der Waals surface area (Å²) in [6.07, 6.45) is 4.00. The lowest BCUT2D eigenvalue weighted by molar-refractivity contribution is 0.408. The quantitative estimate of drug-likeness (QED) is 0.791. The van der Waals surface area contributed by atoms with E-state index in [4.69, 9.17) is 4.52 Å². The molecule has 1 aliphatic rings. The van der Waals surface area contributed by atoms with E-state index in [2.05, 4.69) is 34.3 Å². The second-order valence-corrected chi connectivity index (χ2v) is 4.77. The summed E-state index contributed by atoms with van der Waals surface area (Å²) in [6.45, 7) is 0. The zero-order valence-corrected chi connectivity index (χ0v) is 10.2. The molecule has 0 amide bonds. The third-order valence-electron chi connectivity index (χ3n) is 3.52.